The maximum Gasteiger partial charge on any atom is 0.314 e. The van der Waals surface area contributed by atoms with Gasteiger partial charge in [0, 0.05) is 12.6 Å². The summed E-state index contributed by atoms with van der Waals surface area (Å²) in [6.45, 7) is 9.46. The van der Waals surface area contributed by atoms with Gasteiger partial charge in [-0.3, -0.25) is 0 Å². The van der Waals surface area contributed by atoms with Crippen LogP contribution in [-0.4, -0.2) is 18.6 Å². The highest BCUT2D eigenvalue weighted by Gasteiger charge is 2.32. The lowest BCUT2D eigenvalue weighted by atomic mass is 9.71. The van der Waals surface area contributed by atoms with Crippen LogP contribution >= 0.6 is 0 Å². The van der Waals surface area contributed by atoms with Crippen molar-refractivity contribution < 1.29 is 4.79 Å². The summed E-state index contributed by atoms with van der Waals surface area (Å²) in [4.78, 5) is 11.2. The summed E-state index contributed by atoms with van der Waals surface area (Å²) in [6.07, 6.45) is 3.56. The SMILES string of the molecule is CCNC(=O)N[C@H]1C[C@@H](CC(C)(C)C)C1. The fraction of sp³-hybridized carbons (Fsp3) is 0.917. The number of urea groups is 1. The molecule has 0 aromatic rings. The third-order valence-corrected chi connectivity index (χ3v) is 2.81. The normalized spacial score (nSPS) is 25.6. The molecule has 1 aliphatic rings. The molecular weight excluding hydrogens is 188 g/mol. The van der Waals surface area contributed by atoms with Crippen LogP contribution in [0.25, 0.3) is 0 Å². The van der Waals surface area contributed by atoms with Crippen LogP contribution in [0.1, 0.15) is 47.0 Å². The van der Waals surface area contributed by atoms with E-state index in [-0.39, 0.29) is 6.03 Å². The van der Waals surface area contributed by atoms with Gasteiger partial charge in [0.1, 0.15) is 0 Å². The first-order valence-electron chi connectivity index (χ1n) is 5.95. The molecule has 88 valence electrons. The van der Waals surface area contributed by atoms with E-state index in [0.29, 0.717) is 18.0 Å². The second kappa shape index (κ2) is 4.86. The number of hydrogen-bond acceptors (Lipinski definition) is 1. The average Bonchev–Trinajstić information content (AvgIpc) is 1.98. The van der Waals surface area contributed by atoms with Gasteiger partial charge in [-0.2, -0.15) is 0 Å². The predicted molar refractivity (Wildman–Crippen MR) is 62.8 cm³/mol. The summed E-state index contributed by atoms with van der Waals surface area (Å²) in [6, 6.07) is 0.389. The van der Waals surface area contributed by atoms with E-state index in [1.165, 1.54) is 6.42 Å². The number of amides is 2. The quantitative estimate of drug-likeness (QED) is 0.741. The van der Waals surface area contributed by atoms with E-state index in [0.717, 1.165) is 18.8 Å². The maximum atomic E-state index is 11.2. The largest absolute Gasteiger partial charge is 0.338 e. The number of nitrogens with one attached hydrogen (secondary N) is 2. The molecule has 0 bridgehead atoms. The number of carbonyl (C=O) groups is 1. The Morgan fingerprint density at radius 3 is 2.40 bits per heavy atom. The van der Waals surface area contributed by atoms with Gasteiger partial charge in [-0.05, 0) is 37.5 Å². The van der Waals surface area contributed by atoms with Gasteiger partial charge in [0.15, 0.2) is 0 Å². The predicted octanol–water partition coefficient (Wildman–Crippen LogP) is 2.52. The van der Waals surface area contributed by atoms with Crippen molar-refractivity contribution in [1.82, 2.24) is 10.6 Å². The van der Waals surface area contributed by atoms with Gasteiger partial charge < -0.3 is 10.6 Å². The van der Waals surface area contributed by atoms with Gasteiger partial charge in [0.2, 0.25) is 0 Å². The Balaban J connectivity index is 2.13. The second-order valence-corrected chi connectivity index (χ2v) is 5.80. The topological polar surface area (TPSA) is 41.1 Å². The molecule has 15 heavy (non-hydrogen) atoms. The van der Waals surface area contributed by atoms with Crippen molar-refractivity contribution in [2.24, 2.45) is 11.3 Å². The fourth-order valence-corrected chi connectivity index (χ4v) is 2.28. The van der Waals surface area contributed by atoms with E-state index < -0.39 is 0 Å². The molecule has 0 unspecified atom stereocenters. The van der Waals surface area contributed by atoms with Crippen molar-refractivity contribution in [2.45, 2.75) is 53.0 Å². The maximum absolute atomic E-state index is 11.2. The highest BCUT2D eigenvalue weighted by Crippen LogP contribution is 2.37. The minimum Gasteiger partial charge on any atom is -0.338 e. The molecule has 3 heteroatoms. The van der Waals surface area contributed by atoms with Gasteiger partial charge in [-0.15, -0.1) is 0 Å². The zero-order chi connectivity index (χ0) is 11.5. The van der Waals surface area contributed by atoms with Gasteiger partial charge in [-0.1, -0.05) is 20.8 Å². The van der Waals surface area contributed by atoms with Crippen LogP contribution in [0.5, 0.6) is 0 Å². The van der Waals surface area contributed by atoms with E-state index >= 15 is 0 Å². The monoisotopic (exact) mass is 212 g/mol. The lowest BCUT2D eigenvalue weighted by Crippen LogP contribution is -2.48. The summed E-state index contributed by atoms with van der Waals surface area (Å²) in [5.74, 6) is 0.803. The molecule has 1 aliphatic carbocycles. The van der Waals surface area contributed by atoms with Gasteiger partial charge in [-0.25, -0.2) is 4.79 Å². The Kier molecular flexibility index (Phi) is 4.00. The number of hydrogen-bond donors (Lipinski definition) is 2. The first-order valence-corrected chi connectivity index (χ1v) is 5.95. The van der Waals surface area contributed by atoms with Crippen molar-refractivity contribution in [3.05, 3.63) is 0 Å². The molecule has 0 radical (unpaired) electrons. The van der Waals surface area contributed by atoms with Crippen molar-refractivity contribution in [3.63, 3.8) is 0 Å². The van der Waals surface area contributed by atoms with Gasteiger partial charge in [0.05, 0.1) is 0 Å². The van der Waals surface area contributed by atoms with Crippen LogP contribution in [0.3, 0.4) is 0 Å². The van der Waals surface area contributed by atoms with E-state index in [2.05, 4.69) is 31.4 Å². The molecule has 2 amide bonds. The minimum absolute atomic E-state index is 0.0169. The molecule has 0 saturated heterocycles. The van der Waals surface area contributed by atoms with Crippen molar-refractivity contribution in [2.75, 3.05) is 6.54 Å². The summed E-state index contributed by atoms with van der Waals surface area (Å²) >= 11 is 0. The van der Waals surface area contributed by atoms with Crippen molar-refractivity contribution in [3.8, 4) is 0 Å². The van der Waals surface area contributed by atoms with Gasteiger partial charge in [0.25, 0.3) is 0 Å². The van der Waals surface area contributed by atoms with Crippen LogP contribution in [0.4, 0.5) is 4.79 Å². The lowest BCUT2D eigenvalue weighted by molar-refractivity contribution is 0.158. The second-order valence-electron chi connectivity index (χ2n) is 5.80. The van der Waals surface area contributed by atoms with Crippen LogP contribution < -0.4 is 10.6 Å². The van der Waals surface area contributed by atoms with Crippen molar-refractivity contribution >= 4 is 6.03 Å². The first kappa shape index (κ1) is 12.3. The third kappa shape index (κ3) is 4.54. The summed E-state index contributed by atoms with van der Waals surface area (Å²) < 4.78 is 0. The Labute approximate surface area is 93.0 Å². The summed E-state index contributed by atoms with van der Waals surface area (Å²) in [5.41, 5.74) is 0.418. The molecule has 3 nitrogen and oxygen atoms in total. The summed E-state index contributed by atoms with van der Waals surface area (Å²) in [5, 5.41) is 5.74. The smallest absolute Gasteiger partial charge is 0.314 e. The minimum atomic E-state index is -0.0169. The van der Waals surface area contributed by atoms with E-state index in [1.54, 1.807) is 0 Å². The number of rotatable bonds is 3. The molecule has 0 aromatic carbocycles. The molecule has 0 spiro atoms. The Hall–Kier alpha value is -0.730. The molecule has 0 atom stereocenters. The van der Waals surface area contributed by atoms with E-state index in [1.807, 2.05) is 6.92 Å². The Bertz CT molecular complexity index is 214. The molecule has 1 fully saturated rings. The molecular formula is C12H24N2O. The number of carbonyl (C=O) groups excluding carboxylic acids is 1. The third-order valence-electron chi connectivity index (χ3n) is 2.81. The van der Waals surface area contributed by atoms with Crippen molar-refractivity contribution in [1.29, 1.82) is 0 Å². The molecule has 0 heterocycles. The standard InChI is InChI=1S/C12H24N2O/c1-5-13-11(15)14-10-6-9(7-10)8-12(2,3)4/h9-10H,5-8H2,1-4H3,(H2,13,14,15)/t9-,10+. The Morgan fingerprint density at radius 1 is 1.33 bits per heavy atom. The molecule has 1 rings (SSSR count). The zero-order valence-corrected chi connectivity index (χ0v) is 10.4. The molecule has 1 saturated carbocycles. The van der Waals surface area contributed by atoms with Crippen LogP contribution in [-0.2, 0) is 0 Å². The molecule has 2 N–H and O–H groups in total. The van der Waals surface area contributed by atoms with Gasteiger partial charge >= 0.3 is 6.03 Å². The first-order chi connectivity index (χ1) is 6.90. The highest BCUT2D eigenvalue weighted by atomic mass is 16.2. The highest BCUT2D eigenvalue weighted by molar-refractivity contribution is 5.74. The Morgan fingerprint density at radius 2 is 1.93 bits per heavy atom. The van der Waals surface area contributed by atoms with E-state index in [9.17, 15) is 4.79 Å². The van der Waals surface area contributed by atoms with Crippen LogP contribution in [0.15, 0.2) is 0 Å². The average molecular weight is 212 g/mol. The van der Waals surface area contributed by atoms with Crippen LogP contribution in [0.2, 0.25) is 0 Å². The fourth-order valence-electron chi connectivity index (χ4n) is 2.28. The van der Waals surface area contributed by atoms with E-state index in [4.69, 9.17) is 0 Å². The lowest BCUT2D eigenvalue weighted by Gasteiger charge is -2.39. The molecule has 0 aromatic heterocycles. The molecule has 0 aliphatic heterocycles. The zero-order valence-electron chi connectivity index (χ0n) is 10.4. The summed E-state index contributed by atoms with van der Waals surface area (Å²) in [7, 11) is 0. The van der Waals surface area contributed by atoms with Crippen LogP contribution in [0, 0.1) is 11.3 Å².